The lowest BCUT2D eigenvalue weighted by molar-refractivity contribution is 0.0995. The molecule has 18 heavy (non-hydrogen) atoms. The molecule has 0 unspecified atom stereocenters. The van der Waals surface area contributed by atoms with Crippen molar-refractivity contribution in [2.75, 3.05) is 5.32 Å². The van der Waals surface area contributed by atoms with Crippen molar-refractivity contribution in [3.63, 3.8) is 0 Å². The van der Waals surface area contributed by atoms with Gasteiger partial charge in [-0.25, -0.2) is 4.98 Å². The van der Waals surface area contributed by atoms with Crippen LogP contribution in [0.5, 0.6) is 0 Å². The maximum absolute atomic E-state index is 12.0. The largest absolute Gasteiger partial charge is 0.456 e. The van der Waals surface area contributed by atoms with Crippen LogP contribution >= 0.6 is 0 Å². The summed E-state index contributed by atoms with van der Waals surface area (Å²) in [7, 11) is 0. The second-order valence-electron chi connectivity index (χ2n) is 4.43. The number of aromatic nitrogens is 2. The molecule has 2 aromatic heterocycles. The molecule has 1 aliphatic rings. The standard InChI is InChI=1S/C13H13N3O2/c1-8-2-5-10(18-8)13(17)16-12-11(9-3-4-9)14-6-7-15-12/h2,5-7,9H,3-4H2,1H3,(H,15,16,17). The Morgan fingerprint density at radius 3 is 2.78 bits per heavy atom. The molecule has 0 aliphatic heterocycles. The van der Waals surface area contributed by atoms with Gasteiger partial charge >= 0.3 is 0 Å². The molecule has 0 radical (unpaired) electrons. The molecule has 0 aromatic carbocycles. The number of hydrogen-bond donors (Lipinski definition) is 1. The Bertz CT molecular complexity index is 587. The van der Waals surface area contributed by atoms with Gasteiger partial charge in [0.1, 0.15) is 5.76 Å². The highest BCUT2D eigenvalue weighted by atomic mass is 16.3. The highest BCUT2D eigenvalue weighted by Crippen LogP contribution is 2.41. The molecule has 1 N–H and O–H groups in total. The van der Waals surface area contributed by atoms with Gasteiger partial charge in [-0.05, 0) is 31.9 Å². The Hall–Kier alpha value is -2.17. The van der Waals surface area contributed by atoms with E-state index < -0.39 is 0 Å². The maximum Gasteiger partial charge on any atom is 0.292 e. The van der Waals surface area contributed by atoms with Crippen molar-refractivity contribution in [1.29, 1.82) is 0 Å². The van der Waals surface area contributed by atoms with Gasteiger partial charge in [0, 0.05) is 18.3 Å². The van der Waals surface area contributed by atoms with Crippen LogP contribution in [0, 0.1) is 6.92 Å². The minimum absolute atomic E-state index is 0.287. The van der Waals surface area contributed by atoms with Crippen molar-refractivity contribution in [3.05, 3.63) is 41.7 Å². The van der Waals surface area contributed by atoms with Crippen LogP contribution in [0.2, 0.25) is 0 Å². The normalized spacial score (nSPS) is 14.5. The molecule has 2 aromatic rings. The molecule has 0 bridgehead atoms. The first kappa shape index (κ1) is 11.0. The van der Waals surface area contributed by atoms with E-state index >= 15 is 0 Å². The van der Waals surface area contributed by atoms with Gasteiger partial charge in [-0.2, -0.15) is 0 Å². The third-order valence-electron chi connectivity index (χ3n) is 2.89. The smallest absolute Gasteiger partial charge is 0.292 e. The zero-order valence-electron chi connectivity index (χ0n) is 10.0. The molecule has 0 spiro atoms. The summed E-state index contributed by atoms with van der Waals surface area (Å²) in [5.74, 6) is 1.69. The summed E-state index contributed by atoms with van der Waals surface area (Å²) >= 11 is 0. The molecular weight excluding hydrogens is 230 g/mol. The van der Waals surface area contributed by atoms with E-state index in [0.29, 0.717) is 23.3 Å². The van der Waals surface area contributed by atoms with Crippen LogP contribution in [0.3, 0.4) is 0 Å². The molecule has 92 valence electrons. The summed E-state index contributed by atoms with van der Waals surface area (Å²) in [4.78, 5) is 20.4. The lowest BCUT2D eigenvalue weighted by Gasteiger charge is -2.06. The van der Waals surface area contributed by atoms with E-state index in [1.807, 2.05) is 0 Å². The van der Waals surface area contributed by atoms with Gasteiger partial charge in [-0.15, -0.1) is 0 Å². The number of anilines is 1. The minimum atomic E-state index is -0.287. The molecule has 0 atom stereocenters. The Morgan fingerprint density at radius 2 is 2.11 bits per heavy atom. The van der Waals surface area contributed by atoms with Crippen LogP contribution in [0.1, 0.15) is 40.8 Å². The van der Waals surface area contributed by atoms with Crippen LogP contribution in [0.25, 0.3) is 0 Å². The number of carbonyl (C=O) groups excluding carboxylic acids is 1. The summed E-state index contributed by atoms with van der Waals surface area (Å²) < 4.78 is 5.27. The zero-order chi connectivity index (χ0) is 12.5. The Labute approximate surface area is 104 Å². The summed E-state index contributed by atoms with van der Waals surface area (Å²) in [5, 5.41) is 2.76. The molecule has 0 saturated heterocycles. The van der Waals surface area contributed by atoms with Crippen molar-refractivity contribution in [1.82, 2.24) is 9.97 Å². The van der Waals surface area contributed by atoms with E-state index in [-0.39, 0.29) is 5.91 Å². The van der Waals surface area contributed by atoms with Crippen molar-refractivity contribution in [3.8, 4) is 0 Å². The number of amides is 1. The molecule has 2 heterocycles. The van der Waals surface area contributed by atoms with Crippen LogP contribution in [0.15, 0.2) is 28.9 Å². The topological polar surface area (TPSA) is 68.0 Å². The molecule has 5 heteroatoms. The van der Waals surface area contributed by atoms with Gasteiger partial charge in [0.2, 0.25) is 0 Å². The predicted octanol–water partition coefficient (Wildman–Crippen LogP) is 2.51. The van der Waals surface area contributed by atoms with Crippen LogP contribution in [-0.4, -0.2) is 15.9 Å². The van der Waals surface area contributed by atoms with E-state index in [0.717, 1.165) is 18.5 Å². The molecule has 3 rings (SSSR count). The van der Waals surface area contributed by atoms with E-state index in [1.165, 1.54) is 0 Å². The second-order valence-corrected chi connectivity index (χ2v) is 4.43. The second kappa shape index (κ2) is 4.25. The fourth-order valence-electron chi connectivity index (χ4n) is 1.83. The first-order valence-corrected chi connectivity index (χ1v) is 5.93. The van der Waals surface area contributed by atoms with Crippen LogP contribution < -0.4 is 5.32 Å². The molecule has 1 fully saturated rings. The van der Waals surface area contributed by atoms with E-state index in [1.54, 1.807) is 31.5 Å². The highest BCUT2D eigenvalue weighted by Gasteiger charge is 2.29. The molecular formula is C13H13N3O2. The summed E-state index contributed by atoms with van der Waals surface area (Å²) in [6.45, 7) is 1.80. The summed E-state index contributed by atoms with van der Waals surface area (Å²) in [6.07, 6.45) is 5.46. The van der Waals surface area contributed by atoms with Crippen molar-refractivity contribution in [2.45, 2.75) is 25.7 Å². The van der Waals surface area contributed by atoms with Gasteiger partial charge < -0.3 is 9.73 Å². The van der Waals surface area contributed by atoms with E-state index in [2.05, 4.69) is 15.3 Å². The van der Waals surface area contributed by atoms with Gasteiger partial charge in [0.25, 0.3) is 5.91 Å². The highest BCUT2D eigenvalue weighted by molar-refractivity contribution is 6.02. The van der Waals surface area contributed by atoms with Gasteiger partial charge in [-0.1, -0.05) is 0 Å². The number of nitrogens with one attached hydrogen (secondary N) is 1. The predicted molar refractivity (Wildman–Crippen MR) is 65.4 cm³/mol. The number of hydrogen-bond acceptors (Lipinski definition) is 4. The minimum Gasteiger partial charge on any atom is -0.456 e. The molecule has 1 amide bonds. The lowest BCUT2D eigenvalue weighted by Crippen LogP contribution is -2.14. The Balaban J connectivity index is 1.82. The van der Waals surface area contributed by atoms with Crippen molar-refractivity contribution < 1.29 is 9.21 Å². The number of aryl methyl sites for hydroxylation is 1. The molecule has 5 nitrogen and oxygen atoms in total. The Kier molecular flexibility index (Phi) is 2.59. The first-order valence-electron chi connectivity index (χ1n) is 5.93. The number of rotatable bonds is 3. The van der Waals surface area contributed by atoms with Gasteiger partial charge in [0.15, 0.2) is 11.6 Å². The number of carbonyl (C=O) groups is 1. The summed E-state index contributed by atoms with van der Waals surface area (Å²) in [6, 6.07) is 3.41. The fourth-order valence-corrected chi connectivity index (χ4v) is 1.83. The van der Waals surface area contributed by atoms with Crippen LogP contribution in [-0.2, 0) is 0 Å². The lowest BCUT2D eigenvalue weighted by atomic mass is 10.2. The molecule has 1 aliphatic carbocycles. The average molecular weight is 243 g/mol. The quantitative estimate of drug-likeness (QED) is 0.899. The van der Waals surface area contributed by atoms with E-state index in [4.69, 9.17) is 4.42 Å². The van der Waals surface area contributed by atoms with Crippen molar-refractivity contribution >= 4 is 11.7 Å². The monoisotopic (exact) mass is 243 g/mol. The zero-order valence-corrected chi connectivity index (χ0v) is 10.0. The van der Waals surface area contributed by atoms with Gasteiger partial charge in [0.05, 0.1) is 5.69 Å². The third-order valence-corrected chi connectivity index (χ3v) is 2.89. The van der Waals surface area contributed by atoms with Gasteiger partial charge in [-0.3, -0.25) is 9.78 Å². The summed E-state index contributed by atoms with van der Waals surface area (Å²) in [5.41, 5.74) is 0.870. The average Bonchev–Trinajstić information content (AvgIpc) is 3.12. The Morgan fingerprint density at radius 1 is 1.33 bits per heavy atom. The number of furan rings is 1. The van der Waals surface area contributed by atoms with E-state index in [9.17, 15) is 4.79 Å². The number of nitrogens with zero attached hydrogens (tertiary/aromatic N) is 2. The maximum atomic E-state index is 12.0. The molecule has 1 saturated carbocycles. The first-order chi connectivity index (χ1) is 8.74. The van der Waals surface area contributed by atoms with Crippen LogP contribution in [0.4, 0.5) is 5.82 Å². The SMILES string of the molecule is Cc1ccc(C(=O)Nc2nccnc2C2CC2)o1. The van der Waals surface area contributed by atoms with Crippen molar-refractivity contribution in [2.24, 2.45) is 0 Å². The fraction of sp³-hybridized carbons (Fsp3) is 0.308. The third kappa shape index (κ3) is 2.11.